The monoisotopic (exact) mass is 401 g/mol. The first kappa shape index (κ1) is 17.4. The van der Waals surface area contributed by atoms with E-state index in [1.165, 1.54) is 11.3 Å². The highest BCUT2D eigenvalue weighted by molar-refractivity contribution is 7.18. The minimum Gasteiger partial charge on any atom is -0.492 e. The number of thiophene rings is 1. The van der Waals surface area contributed by atoms with E-state index in [2.05, 4.69) is 15.0 Å². The minimum absolute atomic E-state index is 0.0915. The van der Waals surface area contributed by atoms with Crippen LogP contribution in [0.15, 0.2) is 54.0 Å². The number of aromatic nitrogens is 5. The zero-order valence-corrected chi connectivity index (χ0v) is 16.0. The Morgan fingerprint density at radius 2 is 1.93 bits per heavy atom. The van der Waals surface area contributed by atoms with E-state index >= 15 is 0 Å². The van der Waals surface area contributed by atoms with Gasteiger partial charge in [-0.3, -0.25) is 4.98 Å². The summed E-state index contributed by atoms with van der Waals surface area (Å²) in [5.74, 6) is 0.738. The first-order valence-electron chi connectivity index (χ1n) is 9.05. The molecule has 0 aliphatic carbocycles. The van der Waals surface area contributed by atoms with E-state index in [4.69, 9.17) is 4.98 Å². The van der Waals surface area contributed by atoms with Crippen molar-refractivity contribution in [3.8, 4) is 28.8 Å². The van der Waals surface area contributed by atoms with Gasteiger partial charge < -0.3 is 14.5 Å². The zero-order chi connectivity index (χ0) is 19.8. The minimum atomic E-state index is -0.0915. The summed E-state index contributed by atoms with van der Waals surface area (Å²) in [4.78, 5) is 29.1. The van der Waals surface area contributed by atoms with E-state index in [0.29, 0.717) is 34.8 Å². The maximum atomic E-state index is 11.0. The number of carbonyl (C=O) groups is 1. The fraction of sp³-hybridized carbons (Fsp3) is 0.0952. The summed E-state index contributed by atoms with van der Waals surface area (Å²) in [6, 6.07) is 13.3. The number of fused-ring (bicyclic) bond motifs is 2. The molecule has 0 atom stereocenters. The van der Waals surface area contributed by atoms with E-state index in [9.17, 15) is 9.90 Å². The van der Waals surface area contributed by atoms with Gasteiger partial charge in [0.05, 0.1) is 22.2 Å². The van der Waals surface area contributed by atoms with Crippen molar-refractivity contribution in [3.63, 3.8) is 0 Å². The van der Waals surface area contributed by atoms with Gasteiger partial charge in [0.15, 0.2) is 11.6 Å². The number of aryl methyl sites for hydroxylation is 1. The molecule has 5 aromatic rings. The number of imidazole rings is 1. The van der Waals surface area contributed by atoms with Crippen LogP contribution in [0.5, 0.6) is 5.88 Å². The largest absolute Gasteiger partial charge is 0.492 e. The SMILES string of the molecule is O=CCCn1c(-c2nc(O)c3scc(-c4ccccn4)c3n2)nc2ccccc21. The van der Waals surface area contributed by atoms with Crippen LogP contribution >= 0.6 is 11.3 Å². The highest BCUT2D eigenvalue weighted by Gasteiger charge is 2.20. The number of benzene rings is 1. The molecule has 0 amide bonds. The summed E-state index contributed by atoms with van der Waals surface area (Å²) < 4.78 is 2.52. The number of aldehydes is 1. The second-order valence-electron chi connectivity index (χ2n) is 6.44. The number of para-hydroxylation sites is 2. The van der Waals surface area contributed by atoms with Crippen molar-refractivity contribution in [2.45, 2.75) is 13.0 Å². The standard InChI is InChI=1S/C21H15N5O2S/c27-11-5-10-26-16-8-2-1-7-15(16)23-20(26)19-24-17-13(14-6-3-4-9-22-14)12-29-18(17)21(28)25-19/h1-4,6-9,11-12H,5,10H2,(H,24,25,28). The Labute approximate surface area is 169 Å². The Hall–Kier alpha value is -3.65. The van der Waals surface area contributed by atoms with Crippen molar-refractivity contribution in [2.75, 3.05) is 0 Å². The molecule has 142 valence electrons. The van der Waals surface area contributed by atoms with Crippen molar-refractivity contribution < 1.29 is 9.90 Å². The molecule has 4 aromatic heterocycles. The van der Waals surface area contributed by atoms with Gasteiger partial charge in [-0.05, 0) is 24.3 Å². The van der Waals surface area contributed by atoms with Gasteiger partial charge in [0, 0.05) is 30.1 Å². The summed E-state index contributed by atoms with van der Waals surface area (Å²) in [6.07, 6.45) is 2.94. The van der Waals surface area contributed by atoms with E-state index in [0.717, 1.165) is 28.6 Å². The normalized spacial score (nSPS) is 11.3. The Morgan fingerprint density at radius 3 is 2.76 bits per heavy atom. The van der Waals surface area contributed by atoms with Crippen molar-refractivity contribution in [1.29, 1.82) is 0 Å². The molecule has 0 aliphatic heterocycles. The summed E-state index contributed by atoms with van der Waals surface area (Å²) in [5, 5.41) is 12.5. The number of hydrogen-bond donors (Lipinski definition) is 1. The second-order valence-corrected chi connectivity index (χ2v) is 7.32. The number of pyridine rings is 1. The Morgan fingerprint density at radius 1 is 1.07 bits per heavy atom. The average Bonchev–Trinajstić information content (AvgIpc) is 3.35. The Kier molecular flexibility index (Phi) is 4.25. The van der Waals surface area contributed by atoms with Crippen LogP contribution in [0.4, 0.5) is 0 Å². The smallest absolute Gasteiger partial charge is 0.233 e. The molecule has 0 saturated carbocycles. The van der Waals surface area contributed by atoms with Crippen LogP contribution in [0.3, 0.4) is 0 Å². The Bertz CT molecular complexity index is 1340. The summed E-state index contributed by atoms with van der Waals surface area (Å²) >= 11 is 1.37. The molecule has 0 unspecified atom stereocenters. The highest BCUT2D eigenvalue weighted by Crippen LogP contribution is 2.37. The van der Waals surface area contributed by atoms with Gasteiger partial charge in [-0.2, -0.15) is 4.98 Å². The van der Waals surface area contributed by atoms with E-state index in [1.807, 2.05) is 52.4 Å². The van der Waals surface area contributed by atoms with E-state index < -0.39 is 0 Å². The predicted octanol–water partition coefficient (Wildman–Crippen LogP) is 4.06. The molecule has 1 N–H and O–H groups in total. The van der Waals surface area contributed by atoms with Crippen molar-refractivity contribution in [3.05, 3.63) is 54.0 Å². The number of nitrogens with zero attached hydrogens (tertiary/aromatic N) is 5. The van der Waals surface area contributed by atoms with Gasteiger partial charge in [0.2, 0.25) is 5.88 Å². The topological polar surface area (TPSA) is 93.8 Å². The second kappa shape index (κ2) is 7.06. The lowest BCUT2D eigenvalue weighted by Crippen LogP contribution is -2.04. The molecule has 0 aliphatic rings. The lowest BCUT2D eigenvalue weighted by atomic mass is 10.2. The molecule has 0 bridgehead atoms. The number of rotatable bonds is 5. The van der Waals surface area contributed by atoms with Gasteiger partial charge in [-0.15, -0.1) is 11.3 Å². The first-order chi connectivity index (χ1) is 14.3. The number of hydrogen-bond acceptors (Lipinski definition) is 7. The van der Waals surface area contributed by atoms with Crippen LogP contribution in [0.1, 0.15) is 6.42 Å². The van der Waals surface area contributed by atoms with Gasteiger partial charge in [-0.1, -0.05) is 18.2 Å². The molecule has 0 saturated heterocycles. The van der Waals surface area contributed by atoms with E-state index in [1.54, 1.807) is 6.20 Å². The van der Waals surface area contributed by atoms with E-state index in [-0.39, 0.29) is 5.88 Å². The third-order valence-corrected chi connectivity index (χ3v) is 5.63. The third kappa shape index (κ3) is 2.94. The first-order valence-corrected chi connectivity index (χ1v) is 9.93. The zero-order valence-electron chi connectivity index (χ0n) is 15.2. The fourth-order valence-corrected chi connectivity index (χ4v) is 4.25. The van der Waals surface area contributed by atoms with Crippen LogP contribution < -0.4 is 0 Å². The fourth-order valence-electron chi connectivity index (χ4n) is 3.36. The van der Waals surface area contributed by atoms with Crippen molar-refractivity contribution in [2.24, 2.45) is 0 Å². The molecule has 1 aromatic carbocycles. The summed E-state index contributed by atoms with van der Waals surface area (Å²) in [7, 11) is 0. The van der Waals surface area contributed by atoms with Gasteiger partial charge >= 0.3 is 0 Å². The predicted molar refractivity (Wildman–Crippen MR) is 112 cm³/mol. The molecule has 8 heteroatoms. The molecular weight excluding hydrogens is 386 g/mol. The number of aromatic hydroxyl groups is 1. The molecule has 0 spiro atoms. The number of carbonyl (C=O) groups excluding carboxylic acids is 1. The maximum Gasteiger partial charge on any atom is 0.233 e. The van der Waals surface area contributed by atoms with Crippen molar-refractivity contribution >= 4 is 38.9 Å². The molecular formula is C21H15N5O2S. The average molecular weight is 401 g/mol. The molecule has 0 fully saturated rings. The maximum absolute atomic E-state index is 11.0. The molecule has 5 rings (SSSR count). The van der Waals surface area contributed by atoms with Crippen LogP contribution in [-0.2, 0) is 11.3 Å². The molecule has 29 heavy (non-hydrogen) atoms. The Balaban J connectivity index is 1.74. The van der Waals surface area contributed by atoms with Crippen molar-refractivity contribution in [1.82, 2.24) is 24.5 Å². The third-order valence-electron chi connectivity index (χ3n) is 4.66. The molecule has 7 nitrogen and oxygen atoms in total. The van der Waals surface area contributed by atoms with Crippen LogP contribution in [-0.4, -0.2) is 35.9 Å². The van der Waals surface area contributed by atoms with Crippen LogP contribution in [0.2, 0.25) is 0 Å². The van der Waals surface area contributed by atoms with Gasteiger partial charge in [0.1, 0.15) is 11.0 Å². The molecule has 4 heterocycles. The molecule has 0 radical (unpaired) electrons. The quantitative estimate of drug-likeness (QED) is 0.446. The van der Waals surface area contributed by atoms with Gasteiger partial charge in [-0.25, -0.2) is 9.97 Å². The highest BCUT2D eigenvalue weighted by atomic mass is 32.1. The van der Waals surface area contributed by atoms with Crippen LogP contribution in [0.25, 0.3) is 44.2 Å². The van der Waals surface area contributed by atoms with Gasteiger partial charge in [0.25, 0.3) is 0 Å². The lowest BCUT2D eigenvalue weighted by molar-refractivity contribution is -0.108. The summed E-state index contributed by atoms with van der Waals surface area (Å²) in [5.41, 5.74) is 3.91. The summed E-state index contributed by atoms with van der Waals surface area (Å²) in [6.45, 7) is 0.457. The van der Waals surface area contributed by atoms with Crippen LogP contribution in [0, 0.1) is 0 Å². The lowest BCUT2D eigenvalue weighted by Gasteiger charge is -2.07.